The van der Waals surface area contributed by atoms with E-state index in [4.69, 9.17) is 5.73 Å². The molecule has 0 saturated heterocycles. The van der Waals surface area contributed by atoms with Gasteiger partial charge in [0.15, 0.2) is 0 Å². The molecule has 112 valence electrons. The van der Waals surface area contributed by atoms with E-state index in [1.807, 2.05) is 0 Å². The van der Waals surface area contributed by atoms with Crippen molar-refractivity contribution in [1.82, 2.24) is 0 Å². The summed E-state index contributed by atoms with van der Waals surface area (Å²) >= 11 is 0. The highest BCUT2D eigenvalue weighted by Crippen LogP contribution is 2.44. The first-order valence-corrected chi connectivity index (χ1v) is 7.10. The minimum absolute atomic E-state index is 0.161. The van der Waals surface area contributed by atoms with Crippen molar-refractivity contribution in [1.29, 1.82) is 0 Å². The van der Waals surface area contributed by atoms with E-state index < -0.39 is 17.3 Å². The van der Waals surface area contributed by atoms with Crippen molar-refractivity contribution < 1.29 is 13.2 Å². The summed E-state index contributed by atoms with van der Waals surface area (Å²) in [6.07, 6.45) is -0.382. The molecule has 0 aromatic heterocycles. The molecular weight excluding hydrogens is 263 g/mol. The monoisotopic (exact) mass is 285 g/mol. The Bertz CT molecular complexity index is 479. The molecule has 1 nitrogen and oxygen atoms in total. The number of alkyl halides is 3. The van der Waals surface area contributed by atoms with Crippen molar-refractivity contribution in [3.8, 4) is 0 Å². The average molecular weight is 285 g/mol. The van der Waals surface area contributed by atoms with Crippen LogP contribution in [0.1, 0.15) is 57.1 Å². The van der Waals surface area contributed by atoms with Gasteiger partial charge in [-0.25, -0.2) is 0 Å². The highest BCUT2D eigenvalue weighted by atomic mass is 19.4. The Morgan fingerprint density at radius 3 is 2.30 bits per heavy atom. The minimum Gasteiger partial charge on any atom is -0.321 e. The smallest absolute Gasteiger partial charge is 0.321 e. The van der Waals surface area contributed by atoms with Crippen molar-refractivity contribution in [2.45, 2.75) is 57.7 Å². The predicted molar refractivity (Wildman–Crippen MR) is 74.2 cm³/mol. The number of hydrogen-bond donors (Lipinski definition) is 1. The van der Waals surface area contributed by atoms with Crippen LogP contribution in [0, 0.1) is 5.41 Å². The fraction of sp³-hybridized carbons (Fsp3) is 0.625. The molecule has 0 aliphatic heterocycles. The fourth-order valence-electron chi connectivity index (χ4n) is 3.13. The number of hydrogen-bond acceptors (Lipinski definition) is 1. The van der Waals surface area contributed by atoms with Gasteiger partial charge in [0.2, 0.25) is 0 Å². The predicted octanol–water partition coefficient (Wildman–Crippen LogP) is 4.85. The standard InChI is InChI=1S/C16H22F3N/c1-14(2)8-5-9-15(20,11-10-14)12-6-3-4-7-13(12)16(17,18)19/h3-4,6-7H,5,8-11,20H2,1-2H3. The second-order valence-corrected chi connectivity index (χ2v) is 6.72. The lowest BCUT2D eigenvalue weighted by Gasteiger charge is -2.32. The molecule has 1 aliphatic rings. The summed E-state index contributed by atoms with van der Waals surface area (Å²) in [5.41, 5.74) is 5.37. The first-order valence-electron chi connectivity index (χ1n) is 7.10. The van der Waals surface area contributed by atoms with Crippen LogP contribution in [-0.4, -0.2) is 0 Å². The minimum atomic E-state index is -4.34. The number of nitrogens with two attached hydrogens (primary N) is 1. The van der Waals surface area contributed by atoms with Gasteiger partial charge in [0.1, 0.15) is 0 Å². The van der Waals surface area contributed by atoms with Crippen molar-refractivity contribution in [3.05, 3.63) is 35.4 Å². The van der Waals surface area contributed by atoms with Gasteiger partial charge < -0.3 is 5.73 Å². The van der Waals surface area contributed by atoms with Gasteiger partial charge in [-0.1, -0.05) is 38.5 Å². The second-order valence-electron chi connectivity index (χ2n) is 6.72. The van der Waals surface area contributed by atoms with Crippen LogP contribution in [0.25, 0.3) is 0 Å². The van der Waals surface area contributed by atoms with Crippen LogP contribution in [0.15, 0.2) is 24.3 Å². The quantitative estimate of drug-likeness (QED) is 0.733. The summed E-state index contributed by atoms with van der Waals surface area (Å²) in [6.45, 7) is 4.32. The molecule has 2 N–H and O–H groups in total. The molecule has 1 aromatic carbocycles. The van der Waals surface area contributed by atoms with E-state index in [-0.39, 0.29) is 11.0 Å². The lowest BCUT2D eigenvalue weighted by atomic mass is 9.79. The van der Waals surface area contributed by atoms with Gasteiger partial charge in [-0.2, -0.15) is 13.2 Å². The fourth-order valence-corrected chi connectivity index (χ4v) is 3.13. The Balaban J connectivity index is 2.40. The maximum Gasteiger partial charge on any atom is 0.416 e. The van der Waals surface area contributed by atoms with E-state index in [1.165, 1.54) is 6.07 Å². The molecule has 0 spiro atoms. The van der Waals surface area contributed by atoms with E-state index in [0.29, 0.717) is 12.8 Å². The molecule has 0 bridgehead atoms. The van der Waals surface area contributed by atoms with Gasteiger partial charge in [0, 0.05) is 5.54 Å². The first-order chi connectivity index (χ1) is 9.14. The van der Waals surface area contributed by atoms with Gasteiger partial charge in [0.25, 0.3) is 0 Å². The van der Waals surface area contributed by atoms with Crippen LogP contribution in [0.2, 0.25) is 0 Å². The third-order valence-electron chi connectivity index (χ3n) is 4.49. The summed E-state index contributed by atoms with van der Waals surface area (Å²) in [5, 5.41) is 0. The Hall–Kier alpha value is -1.03. The second kappa shape index (κ2) is 5.06. The maximum absolute atomic E-state index is 13.2. The van der Waals surface area contributed by atoms with Crippen LogP contribution in [0.4, 0.5) is 13.2 Å². The molecule has 1 fully saturated rings. The molecule has 1 atom stereocenters. The number of benzene rings is 1. The summed E-state index contributed by atoms with van der Waals surface area (Å²) in [5.74, 6) is 0. The molecular formula is C16H22F3N. The normalized spacial score (nSPS) is 27.1. The van der Waals surface area contributed by atoms with Crippen LogP contribution in [-0.2, 0) is 11.7 Å². The molecule has 20 heavy (non-hydrogen) atoms. The molecule has 0 amide bonds. The van der Waals surface area contributed by atoms with E-state index in [9.17, 15) is 13.2 Å². The van der Waals surface area contributed by atoms with Crippen molar-refractivity contribution >= 4 is 0 Å². The zero-order chi connectivity index (χ0) is 15.0. The first kappa shape index (κ1) is 15.4. The van der Waals surface area contributed by atoms with Gasteiger partial charge in [-0.3, -0.25) is 0 Å². The SMILES string of the molecule is CC1(C)CCCC(N)(c2ccccc2C(F)(F)F)CC1. The summed E-state index contributed by atoms with van der Waals surface area (Å²) in [7, 11) is 0. The van der Waals surface area contributed by atoms with Gasteiger partial charge in [-0.05, 0) is 42.7 Å². The van der Waals surface area contributed by atoms with Gasteiger partial charge in [-0.15, -0.1) is 0 Å². The molecule has 4 heteroatoms. The Morgan fingerprint density at radius 2 is 1.65 bits per heavy atom. The summed E-state index contributed by atoms with van der Waals surface area (Å²) in [6, 6.07) is 5.76. The third kappa shape index (κ3) is 3.17. The van der Waals surface area contributed by atoms with Gasteiger partial charge in [0.05, 0.1) is 5.56 Å². The zero-order valence-corrected chi connectivity index (χ0v) is 12.1. The van der Waals surface area contributed by atoms with Crippen LogP contribution >= 0.6 is 0 Å². The number of rotatable bonds is 1. The van der Waals surface area contributed by atoms with E-state index in [0.717, 1.165) is 25.3 Å². The Morgan fingerprint density at radius 1 is 1.00 bits per heavy atom. The Labute approximate surface area is 118 Å². The van der Waals surface area contributed by atoms with Gasteiger partial charge >= 0.3 is 6.18 Å². The average Bonchev–Trinajstić information content (AvgIpc) is 2.49. The van der Waals surface area contributed by atoms with E-state index in [1.54, 1.807) is 12.1 Å². The highest BCUT2D eigenvalue weighted by Gasteiger charge is 2.41. The van der Waals surface area contributed by atoms with E-state index in [2.05, 4.69) is 13.8 Å². The highest BCUT2D eigenvalue weighted by molar-refractivity contribution is 5.35. The van der Waals surface area contributed by atoms with Crippen LogP contribution in [0.3, 0.4) is 0 Å². The van der Waals surface area contributed by atoms with Crippen molar-refractivity contribution in [3.63, 3.8) is 0 Å². The topological polar surface area (TPSA) is 26.0 Å². The maximum atomic E-state index is 13.2. The largest absolute Gasteiger partial charge is 0.416 e. The molecule has 1 aromatic rings. The van der Waals surface area contributed by atoms with Crippen LogP contribution < -0.4 is 5.73 Å². The summed E-state index contributed by atoms with van der Waals surface area (Å²) in [4.78, 5) is 0. The molecule has 0 radical (unpaired) electrons. The zero-order valence-electron chi connectivity index (χ0n) is 12.1. The van der Waals surface area contributed by atoms with E-state index >= 15 is 0 Å². The van der Waals surface area contributed by atoms with Crippen molar-refractivity contribution in [2.24, 2.45) is 11.1 Å². The lowest BCUT2D eigenvalue weighted by molar-refractivity contribution is -0.138. The van der Waals surface area contributed by atoms with Crippen molar-refractivity contribution in [2.75, 3.05) is 0 Å². The number of halogens is 3. The lowest BCUT2D eigenvalue weighted by Crippen LogP contribution is -2.38. The molecule has 1 aliphatic carbocycles. The summed E-state index contributed by atoms with van der Waals surface area (Å²) < 4.78 is 39.5. The third-order valence-corrected chi connectivity index (χ3v) is 4.49. The molecule has 2 rings (SSSR count). The molecule has 1 saturated carbocycles. The Kier molecular flexibility index (Phi) is 3.89. The molecule has 1 unspecified atom stereocenters. The van der Waals surface area contributed by atoms with Crippen LogP contribution in [0.5, 0.6) is 0 Å². The molecule has 0 heterocycles.